The van der Waals surface area contributed by atoms with Crippen molar-refractivity contribution in [2.75, 3.05) is 30.1 Å². The third-order valence-electron chi connectivity index (χ3n) is 3.37. The van der Waals surface area contributed by atoms with Gasteiger partial charge in [0.1, 0.15) is 17.5 Å². The van der Waals surface area contributed by atoms with Gasteiger partial charge in [0.15, 0.2) is 0 Å². The van der Waals surface area contributed by atoms with Crippen LogP contribution in [0.15, 0.2) is 6.07 Å². The molecule has 1 saturated heterocycles. The maximum Gasteiger partial charge on any atom is 0.145 e. The van der Waals surface area contributed by atoms with Gasteiger partial charge in [-0.3, -0.25) is 0 Å². The van der Waals surface area contributed by atoms with Gasteiger partial charge in [0.25, 0.3) is 0 Å². The lowest BCUT2D eigenvalue weighted by Gasteiger charge is -2.36. The molecule has 0 radical (unpaired) electrons. The number of nitrogens with zero attached hydrogens (tertiary/aromatic N) is 3. The average Bonchev–Trinajstić information content (AvgIpc) is 2.47. The summed E-state index contributed by atoms with van der Waals surface area (Å²) >= 11 is 0. The first-order valence-electron chi connectivity index (χ1n) is 6.97. The quantitative estimate of drug-likeness (QED) is 0.618. The predicted molar refractivity (Wildman–Crippen MR) is 76.1 cm³/mol. The minimum atomic E-state index is 0.378. The zero-order chi connectivity index (χ0) is 13.7. The summed E-state index contributed by atoms with van der Waals surface area (Å²) in [5, 5.41) is 0. The van der Waals surface area contributed by atoms with Gasteiger partial charge in [-0.25, -0.2) is 15.8 Å². The molecule has 0 amide bonds. The second-order valence-corrected chi connectivity index (χ2v) is 4.75. The Kier molecular flexibility index (Phi) is 4.93. The first-order chi connectivity index (χ1) is 9.28. The minimum Gasteiger partial charge on any atom is -0.377 e. The molecule has 1 unspecified atom stereocenters. The van der Waals surface area contributed by atoms with Crippen molar-refractivity contribution in [1.29, 1.82) is 0 Å². The molecular weight excluding hydrogens is 242 g/mol. The largest absolute Gasteiger partial charge is 0.377 e. The Hall–Kier alpha value is -1.40. The third-order valence-corrected chi connectivity index (χ3v) is 3.37. The summed E-state index contributed by atoms with van der Waals surface area (Å²) in [6.45, 7) is 6.66. The number of rotatable bonds is 5. The monoisotopic (exact) mass is 265 g/mol. The second kappa shape index (κ2) is 6.68. The van der Waals surface area contributed by atoms with Gasteiger partial charge < -0.3 is 15.1 Å². The summed E-state index contributed by atoms with van der Waals surface area (Å²) in [7, 11) is 0. The van der Waals surface area contributed by atoms with E-state index in [4.69, 9.17) is 10.6 Å². The number of ether oxygens (including phenoxy) is 1. The van der Waals surface area contributed by atoms with Crippen LogP contribution in [-0.4, -0.2) is 35.8 Å². The van der Waals surface area contributed by atoms with Crippen molar-refractivity contribution < 1.29 is 4.74 Å². The Balaban J connectivity index is 2.28. The molecule has 0 aromatic carbocycles. The number of anilines is 2. The number of hydrazine groups is 1. The van der Waals surface area contributed by atoms with Crippen molar-refractivity contribution in [2.24, 2.45) is 5.84 Å². The fraction of sp³-hybridized carbons (Fsp3) is 0.692. The van der Waals surface area contributed by atoms with Crippen molar-refractivity contribution in [3.05, 3.63) is 11.9 Å². The Morgan fingerprint density at radius 1 is 1.47 bits per heavy atom. The van der Waals surface area contributed by atoms with Crippen LogP contribution in [0.2, 0.25) is 0 Å². The first-order valence-corrected chi connectivity index (χ1v) is 6.97. The molecule has 0 saturated carbocycles. The molecule has 19 heavy (non-hydrogen) atoms. The third kappa shape index (κ3) is 3.33. The van der Waals surface area contributed by atoms with Crippen molar-refractivity contribution in [3.63, 3.8) is 0 Å². The SMILES string of the molecule is CCCc1nc(NN)cc(N2CCOCC2CC)n1. The number of hydrogen-bond donors (Lipinski definition) is 2. The van der Waals surface area contributed by atoms with Crippen LogP contribution in [0.25, 0.3) is 0 Å². The lowest BCUT2D eigenvalue weighted by Crippen LogP contribution is -2.45. The molecule has 2 heterocycles. The maximum absolute atomic E-state index is 5.53. The average molecular weight is 265 g/mol. The van der Waals surface area contributed by atoms with Crippen molar-refractivity contribution in [2.45, 2.75) is 39.2 Å². The van der Waals surface area contributed by atoms with E-state index in [2.05, 4.69) is 34.1 Å². The molecule has 0 aliphatic carbocycles. The highest BCUT2D eigenvalue weighted by atomic mass is 16.5. The Bertz CT molecular complexity index is 412. The highest BCUT2D eigenvalue weighted by Gasteiger charge is 2.23. The molecule has 1 aromatic heterocycles. The van der Waals surface area contributed by atoms with E-state index in [1.54, 1.807) is 0 Å². The normalized spacial score (nSPS) is 19.5. The van der Waals surface area contributed by atoms with Gasteiger partial charge in [-0.2, -0.15) is 0 Å². The molecule has 1 atom stereocenters. The molecule has 0 spiro atoms. The number of hydrogen-bond acceptors (Lipinski definition) is 6. The number of nitrogens with two attached hydrogens (primary N) is 1. The van der Waals surface area contributed by atoms with E-state index in [1.807, 2.05) is 6.07 Å². The summed E-state index contributed by atoms with van der Waals surface area (Å²) in [5.41, 5.74) is 2.63. The maximum atomic E-state index is 5.53. The van der Waals surface area contributed by atoms with Crippen LogP contribution < -0.4 is 16.2 Å². The lowest BCUT2D eigenvalue weighted by atomic mass is 10.2. The fourth-order valence-electron chi connectivity index (χ4n) is 2.33. The standard InChI is InChI=1S/C13H23N5O/c1-3-5-11-15-12(17-14)8-13(16-11)18-6-7-19-9-10(18)4-2/h8,10H,3-7,9,14H2,1-2H3,(H,15,16,17). The number of aromatic nitrogens is 2. The molecule has 0 bridgehead atoms. The van der Waals surface area contributed by atoms with E-state index in [-0.39, 0.29) is 0 Å². The van der Waals surface area contributed by atoms with E-state index in [0.29, 0.717) is 11.9 Å². The number of nitrogen functional groups attached to an aromatic ring is 1. The number of morpholine rings is 1. The van der Waals surface area contributed by atoms with Crippen molar-refractivity contribution >= 4 is 11.6 Å². The summed E-state index contributed by atoms with van der Waals surface area (Å²) < 4.78 is 5.53. The summed E-state index contributed by atoms with van der Waals surface area (Å²) in [6, 6.07) is 2.29. The number of aryl methyl sites for hydroxylation is 1. The van der Waals surface area contributed by atoms with Gasteiger partial charge in [0.05, 0.1) is 19.3 Å². The van der Waals surface area contributed by atoms with Crippen LogP contribution in [0.1, 0.15) is 32.5 Å². The van der Waals surface area contributed by atoms with Gasteiger partial charge in [-0.05, 0) is 12.8 Å². The molecule has 6 nitrogen and oxygen atoms in total. The van der Waals surface area contributed by atoms with Crippen molar-refractivity contribution in [3.8, 4) is 0 Å². The first kappa shape index (κ1) is 14.0. The Morgan fingerprint density at radius 2 is 2.32 bits per heavy atom. The van der Waals surface area contributed by atoms with E-state index >= 15 is 0 Å². The molecule has 3 N–H and O–H groups in total. The number of nitrogens with one attached hydrogen (secondary N) is 1. The highest BCUT2D eigenvalue weighted by molar-refractivity contribution is 5.50. The second-order valence-electron chi connectivity index (χ2n) is 4.75. The molecule has 106 valence electrons. The molecule has 1 fully saturated rings. The van der Waals surface area contributed by atoms with Crippen molar-refractivity contribution in [1.82, 2.24) is 9.97 Å². The molecule has 1 aliphatic rings. The van der Waals surface area contributed by atoms with Gasteiger partial charge in [0.2, 0.25) is 0 Å². The highest BCUT2D eigenvalue weighted by Crippen LogP contribution is 2.22. The van der Waals surface area contributed by atoms with Crippen LogP contribution in [0, 0.1) is 0 Å². The summed E-state index contributed by atoms with van der Waals surface area (Å²) in [5.74, 6) is 7.96. The molecular formula is C13H23N5O. The molecule has 2 rings (SSSR count). The molecule has 1 aliphatic heterocycles. The zero-order valence-electron chi connectivity index (χ0n) is 11.7. The predicted octanol–water partition coefficient (Wildman–Crippen LogP) is 1.33. The van der Waals surface area contributed by atoms with E-state index in [1.165, 1.54) is 0 Å². The van der Waals surface area contributed by atoms with Gasteiger partial charge in [-0.1, -0.05) is 13.8 Å². The van der Waals surface area contributed by atoms with Gasteiger partial charge in [-0.15, -0.1) is 0 Å². The van der Waals surface area contributed by atoms with Crippen LogP contribution >= 0.6 is 0 Å². The van der Waals surface area contributed by atoms with Crippen LogP contribution in [-0.2, 0) is 11.2 Å². The lowest BCUT2D eigenvalue weighted by molar-refractivity contribution is 0.0925. The minimum absolute atomic E-state index is 0.378. The van der Waals surface area contributed by atoms with Gasteiger partial charge in [0, 0.05) is 19.0 Å². The van der Waals surface area contributed by atoms with E-state index < -0.39 is 0 Å². The van der Waals surface area contributed by atoms with Crippen LogP contribution in [0.5, 0.6) is 0 Å². The fourth-order valence-corrected chi connectivity index (χ4v) is 2.33. The summed E-state index contributed by atoms with van der Waals surface area (Å²) in [4.78, 5) is 11.3. The topological polar surface area (TPSA) is 76.3 Å². The zero-order valence-corrected chi connectivity index (χ0v) is 11.7. The van der Waals surface area contributed by atoms with Gasteiger partial charge >= 0.3 is 0 Å². The van der Waals surface area contributed by atoms with Crippen LogP contribution in [0.3, 0.4) is 0 Å². The Morgan fingerprint density at radius 3 is 3.00 bits per heavy atom. The van der Waals surface area contributed by atoms with Crippen LogP contribution in [0.4, 0.5) is 11.6 Å². The molecule has 6 heteroatoms. The van der Waals surface area contributed by atoms with E-state index in [9.17, 15) is 0 Å². The molecule has 1 aromatic rings. The smallest absolute Gasteiger partial charge is 0.145 e. The summed E-state index contributed by atoms with van der Waals surface area (Å²) in [6.07, 6.45) is 2.93. The Labute approximate surface area is 114 Å². The van der Waals surface area contributed by atoms with E-state index in [0.717, 1.165) is 50.7 Å².